The predicted octanol–water partition coefficient (Wildman–Crippen LogP) is 1.48. The number of aromatic nitrogens is 2. The second kappa shape index (κ2) is 7.62. The molecule has 0 bridgehead atoms. The number of rotatable bonds is 5. The van der Waals surface area contributed by atoms with Crippen LogP contribution in [0.5, 0.6) is 0 Å². The molecule has 5 rings (SSSR count). The zero-order chi connectivity index (χ0) is 18.2. The summed E-state index contributed by atoms with van der Waals surface area (Å²) in [5.41, 5.74) is 8.14. The van der Waals surface area contributed by atoms with Crippen LogP contribution in [0.15, 0.2) is 12.4 Å². The van der Waals surface area contributed by atoms with Gasteiger partial charge >= 0.3 is 0 Å². The van der Waals surface area contributed by atoms with Crippen LogP contribution in [0.1, 0.15) is 50.8 Å². The molecule has 7 nitrogen and oxygen atoms in total. The molecule has 0 amide bonds. The van der Waals surface area contributed by atoms with Crippen LogP contribution < -0.4 is 15.8 Å². The van der Waals surface area contributed by atoms with Gasteiger partial charge in [-0.2, -0.15) is 0 Å². The Kier molecular flexibility index (Phi) is 5.02. The summed E-state index contributed by atoms with van der Waals surface area (Å²) in [7, 11) is 0. The van der Waals surface area contributed by atoms with Gasteiger partial charge in [-0.25, -0.2) is 15.4 Å². The van der Waals surface area contributed by atoms with Crippen molar-refractivity contribution in [2.75, 3.05) is 37.7 Å². The topological polar surface area (TPSA) is 65.6 Å². The molecule has 2 saturated carbocycles. The monoisotopic (exact) mass is 372 g/mol. The SMILES string of the molecule is CCOC1CCC2NNC(c3cc(N4CCN(C5CC5)CC4)ncn3)C2C1. The Hall–Kier alpha value is -1.28. The van der Waals surface area contributed by atoms with E-state index in [1.54, 1.807) is 6.33 Å². The zero-order valence-corrected chi connectivity index (χ0v) is 16.3. The number of piperazine rings is 1. The van der Waals surface area contributed by atoms with Gasteiger partial charge in [0.25, 0.3) is 0 Å². The van der Waals surface area contributed by atoms with Crippen LogP contribution in [0.2, 0.25) is 0 Å². The van der Waals surface area contributed by atoms with Crippen LogP contribution in [-0.4, -0.2) is 65.8 Å². The van der Waals surface area contributed by atoms with E-state index in [0.29, 0.717) is 18.1 Å². The maximum atomic E-state index is 5.93. The Morgan fingerprint density at radius 3 is 2.70 bits per heavy atom. The fourth-order valence-corrected chi connectivity index (χ4v) is 5.16. The van der Waals surface area contributed by atoms with Crippen LogP contribution in [0.4, 0.5) is 5.82 Å². The maximum Gasteiger partial charge on any atom is 0.132 e. The Morgan fingerprint density at radius 2 is 1.93 bits per heavy atom. The standard InChI is InChI=1S/C20H32N6O/c1-2-27-15-5-6-17-16(11-15)20(24-23-17)18-12-19(22-13-21-18)26-9-7-25(8-10-26)14-3-4-14/h12-17,20,23-24H,2-11H2,1H3. The molecular formula is C20H32N6O. The van der Waals surface area contributed by atoms with Crippen molar-refractivity contribution in [3.8, 4) is 0 Å². The van der Waals surface area contributed by atoms with E-state index in [2.05, 4.69) is 43.6 Å². The average molecular weight is 373 g/mol. The van der Waals surface area contributed by atoms with Gasteiger partial charge in [0.1, 0.15) is 12.1 Å². The normalized spacial score (nSPS) is 34.6. The van der Waals surface area contributed by atoms with E-state index in [0.717, 1.165) is 63.2 Å². The molecule has 1 aromatic heterocycles. The van der Waals surface area contributed by atoms with Gasteiger partial charge in [-0.3, -0.25) is 10.3 Å². The largest absolute Gasteiger partial charge is 0.378 e. The van der Waals surface area contributed by atoms with E-state index >= 15 is 0 Å². The summed E-state index contributed by atoms with van der Waals surface area (Å²) >= 11 is 0. The maximum absolute atomic E-state index is 5.93. The Morgan fingerprint density at radius 1 is 1.07 bits per heavy atom. The van der Waals surface area contributed by atoms with Gasteiger partial charge in [-0.1, -0.05) is 0 Å². The molecule has 4 atom stereocenters. The number of fused-ring (bicyclic) bond motifs is 1. The van der Waals surface area contributed by atoms with E-state index in [1.807, 2.05) is 0 Å². The van der Waals surface area contributed by atoms with Gasteiger partial charge in [0.05, 0.1) is 17.8 Å². The van der Waals surface area contributed by atoms with E-state index < -0.39 is 0 Å². The second-order valence-electron chi connectivity index (χ2n) is 8.48. The van der Waals surface area contributed by atoms with Crippen molar-refractivity contribution in [2.24, 2.45) is 5.92 Å². The van der Waals surface area contributed by atoms with E-state index in [4.69, 9.17) is 4.74 Å². The molecule has 0 spiro atoms. The highest BCUT2D eigenvalue weighted by molar-refractivity contribution is 5.40. The third kappa shape index (κ3) is 3.70. The number of hydrazine groups is 1. The third-order valence-electron chi connectivity index (χ3n) is 6.80. The predicted molar refractivity (Wildman–Crippen MR) is 104 cm³/mol. The van der Waals surface area contributed by atoms with Crippen molar-refractivity contribution in [2.45, 2.75) is 63.3 Å². The van der Waals surface area contributed by atoms with E-state index in [9.17, 15) is 0 Å². The van der Waals surface area contributed by atoms with Crippen molar-refractivity contribution >= 4 is 5.82 Å². The molecule has 3 heterocycles. The first-order valence-corrected chi connectivity index (χ1v) is 10.8. The Balaban J connectivity index is 1.27. The van der Waals surface area contributed by atoms with Crippen molar-refractivity contribution in [1.82, 2.24) is 25.7 Å². The summed E-state index contributed by atoms with van der Waals surface area (Å²) in [5, 5.41) is 0. The summed E-state index contributed by atoms with van der Waals surface area (Å²) < 4.78 is 5.93. The highest BCUT2D eigenvalue weighted by Gasteiger charge is 2.42. The van der Waals surface area contributed by atoms with Crippen molar-refractivity contribution in [3.05, 3.63) is 18.1 Å². The van der Waals surface area contributed by atoms with Crippen LogP contribution in [0, 0.1) is 5.92 Å². The van der Waals surface area contributed by atoms with Crippen LogP contribution in [-0.2, 0) is 4.74 Å². The third-order valence-corrected chi connectivity index (χ3v) is 6.80. The van der Waals surface area contributed by atoms with Gasteiger partial charge in [0, 0.05) is 56.9 Å². The Bertz CT molecular complexity index is 645. The molecule has 27 heavy (non-hydrogen) atoms. The highest BCUT2D eigenvalue weighted by Crippen LogP contribution is 2.39. The molecule has 0 aromatic carbocycles. The summed E-state index contributed by atoms with van der Waals surface area (Å²) in [4.78, 5) is 14.3. The lowest BCUT2D eigenvalue weighted by Gasteiger charge is -2.36. The lowest BCUT2D eigenvalue weighted by molar-refractivity contribution is 0.0149. The minimum atomic E-state index is 0.243. The first kappa shape index (κ1) is 17.8. The number of nitrogens with one attached hydrogen (secondary N) is 2. The minimum Gasteiger partial charge on any atom is -0.378 e. The number of hydrogen-bond acceptors (Lipinski definition) is 7. The molecule has 4 fully saturated rings. The quantitative estimate of drug-likeness (QED) is 0.812. The van der Waals surface area contributed by atoms with Gasteiger partial charge in [-0.15, -0.1) is 0 Å². The van der Waals surface area contributed by atoms with Crippen LogP contribution >= 0.6 is 0 Å². The summed E-state index contributed by atoms with van der Waals surface area (Å²) in [6, 6.07) is 3.84. The zero-order valence-electron chi connectivity index (χ0n) is 16.3. The molecule has 1 aromatic rings. The van der Waals surface area contributed by atoms with Crippen molar-refractivity contribution in [1.29, 1.82) is 0 Å². The molecule has 148 valence electrons. The van der Waals surface area contributed by atoms with Crippen molar-refractivity contribution in [3.63, 3.8) is 0 Å². The number of anilines is 1. The second-order valence-corrected chi connectivity index (χ2v) is 8.48. The lowest BCUT2D eigenvalue weighted by atomic mass is 9.79. The average Bonchev–Trinajstić information content (AvgIpc) is 3.48. The molecule has 4 aliphatic rings. The summed E-state index contributed by atoms with van der Waals surface area (Å²) in [6.45, 7) is 7.36. The van der Waals surface area contributed by atoms with E-state index in [-0.39, 0.29) is 6.04 Å². The number of nitrogens with zero attached hydrogens (tertiary/aromatic N) is 4. The fourth-order valence-electron chi connectivity index (χ4n) is 5.16. The molecular weight excluding hydrogens is 340 g/mol. The van der Waals surface area contributed by atoms with Crippen LogP contribution in [0.3, 0.4) is 0 Å². The van der Waals surface area contributed by atoms with Crippen LogP contribution in [0.25, 0.3) is 0 Å². The first-order valence-electron chi connectivity index (χ1n) is 10.8. The van der Waals surface area contributed by atoms with Crippen molar-refractivity contribution < 1.29 is 4.74 Å². The smallest absolute Gasteiger partial charge is 0.132 e. The molecule has 2 aliphatic heterocycles. The molecule has 2 N–H and O–H groups in total. The molecule has 4 unspecified atom stereocenters. The van der Waals surface area contributed by atoms with Gasteiger partial charge in [0.2, 0.25) is 0 Å². The lowest BCUT2D eigenvalue weighted by Crippen LogP contribution is -2.47. The molecule has 2 saturated heterocycles. The number of ether oxygens (including phenoxy) is 1. The highest BCUT2D eigenvalue weighted by atomic mass is 16.5. The Labute approximate surface area is 161 Å². The minimum absolute atomic E-state index is 0.243. The summed E-state index contributed by atoms with van der Waals surface area (Å²) in [5.74, 6) is 1.61. The number of hydrogen-bond donors (Lipinski definition) is 2. The first-order chi connectivity index (χ1) is 13.3. The molecule has 2 aliphatic carbocycles. The van der Waals surface area contributed by atoms with E-state index in [1.165, 1.54) is 19.3 Å². The molecule has 0 radical (unpaired) electrons. The van der Waals surface area contributed by atoms with Gasteiger partial charge in [0.15, 0.2) is 0 Å². The molecule has 7 heteroatoms. The summed E-state index contributed by atoms with van der Waals surface area (Å²) in [6.07, 6.45) is 8.33. The van der Waals surface area contributed by atoms with Gasteiger partial charge in [-0.05, 0) is 39.0 Å². The van der Waals surface area contributed by atoms with Gasteiger partial charge < -0.3 is 9.64 Å². The fraction of sp³-hybridized carbons (Fsp3) is 0.800.